The third kappa shape index (κ3) is 29.0. The average Bonchev–Trinajstić information content (AvgIpc) is 1.67. The molecule has 4 fully saturated rings. The molecule has 0 saturated carbocycles. The Morgan fingerprint density at radius 3 is 1.62 bits per heavy atom. The van der Waals surface area contributed by atoms with Crippen molar-refractivity contribution in [3.8, 4) is 5.75 Å². The number of aliphatic imine (C=N–C) groups is 1. The standard InChI is InChI=1S/C93H129N23O20S/c1-7-9-23-71-84(128)104-62(22-15-32-99-93(96)97)80(124)111-70(79(123)102-46-77(95)121)49-137-50-78(122)103-66(37-52-27-29-56(118)30-28-52)89(133)114-34-17-26-73(114)86(130)109-68(42-76(94)120)90(134)115-35-16-25-72(115)85(129)105-63(38-53-31-33-98-43-53)81(125)107-65(36-51(3)4)91(135)116-47-57(119)41-75(116)87(131)106-64(39-54-44-100-60-20-13-11-18-58(54)60)82(126)110-69(48-117)83(127)108-67(40-55-45-101-61-21-14-12-19-59(55)61)88(132)113(6)74(24-10-8-2)92(136)112(71)5/h11-14,18-21,27-30,33,43-45,51,57,62-75,100-101,117-119H,7-10,15-17,22-26,31-32,34-42,46-50H2,1-6H3,(H2,94,120)(H2,95,121)(H,102,123)(H,103,122)(H,104,128)(H,105,129)(H,106,131)(H,107,125)(H,108,127)(H,109,130)(H,110,126)(H,111,124)(H4,96,97,99)/t57-,62-,63-,64-,65-,66-,67-,68-,69-,70-,71-,72-,73-,74-,75-/m0/s1. The molecule has 0 bridgehead atoms. The Balaban J connectivity index is 1.02. The van der Waals surface area contributed by atoms with Gasteiger partial charge in [-0.3, -0.25) is 91.9 Å². The second-order valence-corrected chi connectivity index (χ2v) is 36.8. The number of hydrogen-bond donors (Lipinski definition) is 20. The predicted octanol–water partition coefficient (Wildman–Crippen LogP) is -2.00. The first-order valence-electron chi connectivity index (χ1n) is 46.5. The Hall–Kier alpha value is -13.5. The number of aromatic amines is 2. The smallest absolute Gasteiger partial charge is 0.246 e. The van der Waals surface area contributed by atoms with Crippen molar-refractivity contribution in [2.75, 3.05) is 64.9 Å². The zero-order valence-corrected chi connectivity index (χ0v) is 78.7. The van der Waals surface area contributed by atoms with Gasteiger partial charge in [-0.25, -0.2) is 0 Å². The van der Waals surface area contributed by atoms with Crippen LogP contribution >= 0.6 is 11.8 Å². The summed E-state index contributed by atoms with van der Waals surface area (Å²) in [5.74, 6) is -17.5. The van der Waals surface area contributed by atoms with Crippen LogP contribution in [-0.2, 0) is 101 Å². The van der Waals surface area contributed by atoms with E-state index < -0.39 is 235 Å². The van der Waals surface area contributed by atoms with Crippen LogP contribution in [0.1, 0.15) is 154 Å². The van der Waals surface area contributed by atoms with Gasteiger partial charge in [-0.15, -0.1) is 11.8 Å². The van der Waals surface area contributed by atoms with Crippen molar-refractivity contribution in [1.82, 2.24) is 93.0 Å². The van der Waals surface area contributed by atoms with Crippen LogP contribution < -0.4 is 75.7 Å². The van der Waals surface area contributed by atoms with Crippen molar-refractivity contribution in [3.63, 3.8) is 0 Å². The highest BCUT2D eigenvalue weighted by atomic mass is 32.2. The molecule has 137 heavy (non-hydrogen) atoms. The highest BCUT2D eigenvalue weighted by molar-refractivity contribution is 8.00. The number of nitrogens with two attached hydrogens (primary N) is 3. The van der Waals surface area contributed by atoms with Gasteiger partial charge in [0.2, 0.25) is 100 Å². The number of thioether (sulfide) groups is 1. The van der Waals surface area contributed by atoms with E-state index >= 15 is 52.7 Å². The van der Waals surface area contributed by atoms with Crippen LogP contribution in [0, 0.1) is 11.3 Å². The Labute approximate surface area is 796 Å². The number of nitrogens with zero attached hydrogens (tertiary/aromatic N) is 6. The zero-order chi connectivity index (χ0) is 99.4. The Kier molecular flexibility index (Phi) is 38.8. The summed E-state index contributed by atoms with van der Waals surface area (Å²) in [5, 5.41) is 71.6. The Bertz CT molecular complexity index is 5280. The molecule has 742 valence electrons. The average molecular weight is 1920 g/mol. The highest BCUT2D eigenvalue weighted by Crippen LogP contribution is 2.30. The van der Waals surface area contributed by atoms with E-state index in [1.54, 1.807) is 81.0 Å². The number of H-pyrrole nitrogens is 2. The number of guanidine groups is 1. The molecule has 3 aromatic carbocycles. The van der Waals surface area contributed by atoms with Gasteiger partial charge < -0.3 is 125 Å². The van der Waals surface area contributed by atoms with Crippen LogP contribution in [-0.4, -0.2) is 318 Å². The molecule has 0 spiro atoms. The number of fused-ring (bicyclic) bond motifs is 5. The maximum absolute atomic E-state index is 15.8. The summed E-state index contributed by atoms with van der Waals surface area (Å²) in [6.07, 6.45) is 4.82. The van der Waals surface area contributed by atoms with Gasteiger partial charge in [-0.1, -0.05) is 102 Å². The normalized spacial score (nSPS) is 25.4. The molecular weight excluding hydrogens is 1790 g/mol. The van der Waals surface area contributed by atoms with Crippen LogP contribution in [0.2, 0.25) is 0 Å². The molecule has 23 N–H and O–H groups in total. The number of carbonyl (C=O) groups excluding carboxylic acids is 17. The fraction of sp³-hybridized carbons (Fsp3) is 0.538. The van der Waals surface area contributed by atoms with Gasteiger partial charge in [-0.2, -0.15) is 0 Å². The summed E-state index contributed by atoms with van der Waals surface area (Å²) in [5.41, 5.74) is 20.1. The van der Waals surface area contributed by atoms with Gasteiger partial charge in [0.1, 0.15) is 90.3 Å². The summed E-state index contributed by atoms with van der Waals surface area (Å²) in [4.78, 5) is 268. The maximum atomic E-state index is 15.8. The minimum Gasteiger partial charge on any atom is -0.508 e. The molecule has 0 unspecified atom stereocenters. The lowest BCUT2D eigenvalue weighted by molar-refractivity contribution is -0.149. The second kappa shape index (κ2) is 50.3. The number of phenols is 1. The van der Waals surface area contributed by atoms with Crippen LogP contribution in [0.15, 0.2) is 102 Å². The topological polar surface area (TPSA) is 645 Å². The van der Waals surface area contributed by atoms with Gasteiger partial charge in [0.25, 0.3) is 0 Å². The molecule has 4 saturated heterocycles. The number of likely N-dealkylation sites (N-methyl/N-ethyl adjacent to an activating group) is 2. The van der Waals surface area contributed by atoms with Crippen molar-refractivity contribution >= 4 is 146 Å². The largest absolute Gasteiger partial charge is 0.508 e. The number of benzene rings is 3. The van der Waals surface area contributed by atoms with Crippen LogP contribution in [0.25, 0.3) is 21.8 Å². The fourth-order valence-electron chi connectivity index (χ4n) is 17.8. The Morgan fingerprint density at radius 1 is 0.540 bits per heavy atom. The first-order chi connectivity index (χ1) is 65.4. The molecule has 15 atom stereocenters. The third-order valence-electron chi connectivity index (χ3n) is 25.1. The first-order valence-corrected chi connectivity index (χ1v) is 47.6. The number of amides is 17. The molecule has 2 aromatic heterocycles. The molecule has 0 radical (unpaired) electrons. The summed E-state index contributed by atoms with van der Waals surface area (Å²) < 4.78 is 0. The number of unbranched alkanes of at least 4 members (excludes halogenated alkanes) is 2. The third-order valence-corrected chi connectivity index (χ3v) is 26.1. The minimum atomic E-state index is -1.89. The number of phenolic OH excluding ortho intramolecular Hbond substituents is 1. The minimum absolute atomic E-state index is 0.00403. The van der Waals surface area contributed by atoms with Gasteiger partial charge in [0, 0.05) is 125 Å². The molecule has 44 heteroatoms. The van der Waals surface area contributed by atoms with Crippen molar-refractivity contribution in [3.05, 3.63) is 114 Å². The first kappa shape index (κ1) is 106. The van der Waals surface area contributed by atoms with E-state index in [0.29, 0.717) is 69.8 Å². The molecular formula is C93H129N23O20S. The number of aromatic nitrogens is 2. The summed E-state index contributed by atoms with van der Waals surface area (Å²) in [7, 11) is 2.70. The van der Waals surface area contributed by atoms with Gasteiger partial charge in [0.05, 0.1) is 31.4 Å². The number of hydrogen-bond acceptors (Lipinski definition) is 23. The second-order valence-electron chi connectivity index (χ2n) is 35.8. The molecule has 5 aliphatic heterocycles. The fourth-order valence-corrected chi connectivity index (χ4v) is 18.7. The van der Waals surface area contributed by atoms with Crippen molar-refractivity contribution in [1.29, 1.82) is 5.41 Å². The molecule has 7 heterocycles. The van der Waals surface area contributed by atoms with Crippen molar-refractivity contribution < 1.29 is 96.8 Å². The van der Waals surface area contributed by atoms with E-state index in [1.807, 2.05) is 13.8 Å². The summed E-state index contributed by atoms with van der Waals surface area (Å²) in [6.45, 7) is 4.75. The lowest BCUT2D eigenvalue weighted by Gasteiger charge is -2.36. The van der Waals surface area contributed by atoms with Crippen molar-refractivity contribution in [2.45, 2.75) is 247 Å². The number of carbonyl (C=O) groups is 17. The van der Waals surface area contributed by atoms with Crippen LogP contribution in [0.5, 0.6) is 5.75 Å². The number of aliphatic hydroxyl groups is 2. The zero-order valence-electron chi connectivity index (χ0n) is 77.9. The van der Waals surface area contributed by atoms with E-state index in [-0.39, 0.29) is 128 Å². The van der Waals surface area contributed by atoms with E-state index in [9.17, 15) is 44.1 Å². The number of para-hydroxylation sites is 2. The number of nitrogens with one attached hydrogen (secondary N) is 14. The molecule has 5 aromatic rings. The number of primary amides is 2. The summed E-state index contributed by atoms with van der Waals surface area (Å²) in [6, 6.07) is -1.71. The number of aliphatic hydroxyl groups excluding tert-OH is 2. The SMILES string of the molecule is CCCC[C@H]1C(=O)N(C)[C@@H](CCCC)C(=O)N[C@@H](CCCNC(=N)N)C(=O)N[C@H](C(=O)NCC(N)=O)CSCC(=O)N[C@@H](Cc2ccc(O)cc2)C(=O)N2CCC[C@H]2C(=O)N[C@@H](CC(N)=O)C(=O)N2CCC[C@H]2C(=O)N[C@@H](CC2=CN=CC2)C(=O)N[C@@H](CC(C)C)C(=O)N2C[C@@H](O)C[C@H]2C(=O)N[C@@H](Cc2c[nH]c3ccccc23)C(=O)N[C@@H](CO)C(=O)N[C@@H](Cc2c[nH]c3ccccc23)C(=O)N1C. The van der Waals surface area contributed by atoms with Crippen LogP contribution in [0.3, 0.4) is 0 Å². The number of rotatable bonds is 26. The molecule has 0 aliphatic carbocycles. The molecule has 17 amide bonds. The predicted molar refractivity (Wildman–Crippen MR) is 506 cm³/mol. The van der Waals surface area contributed by atoms with E-state index in [0.717, 1.165) is 31.4 Å². The lowest BCUT2D eigenvalue weighted by atomic mass is 9.99. The highest BCUT2D eigenvalue weighted by Gasteiger charge is 2.48. The summed E-state index contributed by atoms with van der Waals surface area (Å²) >= 11 is 0.781. The van der Waals surface area contributed by atoms with E-state index in [4.69, 9.17) is 22.6 Å². The van der Waals surface area contributed by atoms with E-state index in [2.05, 4.69) is 73.4 Å². The van der Waals surface area contributed by atoms with Gasteiger partial charge in [-0.05, 0) is 117 Å². The van der Waals surface area contributed by atoms with Gasteiger partial charge in [0.15, 0.2) is 5.96 Å². The lowest BCUT2D eigenvalue weighted by Crippen LogP contribution is -2.61. The van der Waals surface area contributed by atoms with E-state index in [1.165, 1.54) is 49.5 Å². The molecule has 43 nitrogen and oxygen atoms in total. The molecule has 5 aliphatic rings. The quantitative estimate of drug-likeness (QED) is 0.0162. The molecule has 10 rings (SSSR count). The van der Waals surface area contributed by atoms with Crippen LogP contribution in [0.4, 0.5) is 0 Å². The monoisotopic (exact) mass is 1920 g/mol. The van der Waals surface area contributed by atoms with Gasteiger partial charge >= 0.3 is 0 Å². The Morgan fingerprint density at radius 2 is 1.05 bits per heavy atom. The van der Waals surface area contributed by atoms with Crippen molar-refractivity contribution in [2.24, 2.45) is 28.1 Å². The maximum Gasteiger partial charge on any atom is 0.246 e. The number of aromatic hydroxyl groups is 1.